The number of nitrogens with one attached hydrogen (secondary N) is 1. The smallest absolute Gasteiger partial charge is 0.244 e. The normalized spacial score (nSPS) is 12.1. The highest BCUT2D eigenvalue weighted by atomic mass is 35.5. The Morgan fingerprint density at radius 2 is 1.67 bits per heavy atom. The Labute approximate surface area is 182 Å². The van der Waals surface area contributed by atoms with E-state index in [1.165, 1.54) is 4.90 Å². The van der Waals surface area contributed by atoms with Gasteiger partial charge in [-0.25, -0.2) is 8.42 Å². The first-order valence-corrected chi connectivity index (χ1v) is 11.7. The topological polar surface area (TPSA) is 86.8 Å². The van der Waals surface area contributed by atoms with Gasteiger partial charge in [-0.1, -0.05) is 41.9 Å². The Hall–Kier alpha value is -2.58. The third kappa shape index (κ3) is 6.47. The zero-order valence-electron chi connectivity index (χ0n) is 17.2. The van der Waals surface area contributed by atoms with Crippen molar-refractivity contribution in [2.24, 2.45) is 0 Å². The quantitative estimate of drug-likeness (QED) is 0.635. The molecular weight excluding hydrogens is 426 g/mol. The van der Waals surface area contributed by atoms with E-state index in [0.29, 0.717) is 17.3 Å². The van der Waals surface area contributed by atoms with E-state index in [2.05, 4.69) is 5.32 Å². The summed E-state index contributed by atoms with van der Waals surface area (Å²) in [7, 11) is -3.71. The standard InChI is InChI=1S/C21H26ClN3O4S/c1-4-23-21(27)16(2)24(14-17-10-12-18(22)13-11-17)20(26)15-25(30(3,28)29)19-8-6-5-7-9-19/h5-13,16H,4,14-15H2,1-3H3,(H,23,27)/t16-/m0/s1. The van der Waals surface area contributed by atoms with E-state index in [9.17, 15) is 18.0 Å². The van der Waals surface area contributed by atoms with E-state index in [1.807, 2.05) is 0 Å². The fourth-order valence-electron chi connectivity index (χ4n) is 2.90. The molecule has 0 aromatic heterocycles. The predicted octanol–water partition coefficient (Wildman–Crippen LogP) is 2.66. The predicted molar refractivity (Wildman–Crippen MR) is 119 cm³/mol. The number of nitrogens with zero attached hydrogens (tertiary/aromatic N) is 2. The molecule has 9 heteroatoms. The highest BCUT2D eigenvalue weighted by Gasteiger charge is 2.29. The summed E-state index contributed by atoms with van der Waals surface area (Å²) in [6, 6.07) is 14.5. The molecule has 30 heavy (non-hydrogen) atoms. The van der Waals surface area contributed by atoms with Gasteiger partial charge < -0.3 is 10.2 Å². The van der Waals surface area contributed by atoms with E-state index in [-0.39, 0.29) is 12.5 Å². The molecular formula is C21H26ClN3O4S. The molecule has 2 aromatic carbocycles. The van der Waals surface area contributed by atoms with E-state index in [0.717, 1.165) is 16.1 Å². The van der Waals surface area contributed by atoms with Crippen LogP contribution >= 0.6 is 11.6 Å². The van der Waals surface area contributed by atoms with Gasteiger partial charge in [0.05, 0.1) is 11.9 Å². The molecule has 0 unspecified atom stereocenters. The number of benzene rings is 2. The van der Waals surface area contributed by atoms with Crippen LogP contribution in [-0.2, 0) is 26.2 Å². The second kappa shape index (κ2) is 10.4. The van der Waals surface area contributed by atoms with Gasteiger partial charge in [-0.15, -0.1) is 0 Å². The Balaban J connectivity index is 2.34. The molecule has 0 radical (unpaired) electrons. The van der Waals surface area contributed by atoms with Crippen LogP contribution in [-0.4, -0.2) is 50.5 Å². The number of amides is 2. The largest absolute Gasteiger partial charge is 0.355 e. The van der Waals surface area contributed by atoms with Crippen LogP contribution in [0.1, 0.15) is 19.4 Å². The SMILES string of the molecule is CCNC(=O)[C@H](C)N(Cc1ccc(Cl)cc1)C(=O)CN(c1ccccc1)S(C)(=O)=O. The summed E-state index contributed by atoms with van der Waals surface area (Å²) in [5.41, 5.74) is 1.15. The molecule has 0 aliphatic carbocycles. The van der Waals surface area contributed by atoms with E-state index in [4.69, 9.17) is 11.6 Å². The summed E-state index contributed by atoms with van der Waals surface area (Å²) in [4.78, 5) is 27.0. The number of anilines is 1. The highest BCUT2D eigenvalue weighted by Crippen LogP contribution is 2.19. The van der Waals surface area contributed by atoms with Crippen LogP contribution in [0.15, 0.2) is 54.6 Å². The van der Waals surface area contributed by atoms with Gasteiger partial charge in [0.1, 0.15) is 12.6 Å². The first-order chi connectivity index (χ1) is 14.1. The molecule has 0 saturated carbocycles. The van der Waals surface area contributed by atoms with Gasteiger partial charge >= 0.3 is 0 Å². The Kier molecular flexibility index (Phi) is 8.25. The lowest BCUT2D eigenvalue weighted by molar-refractivity contribution is -0.139. The molecule has 7 nitrogen and oxygen atoms in total. The maximum Gasteiger partial charge on any atom is 0.244 e. The van der Waals surface area contributed by atoms with E-state index >= 15 is 0 Å². The van der Waals surface area contributed by atoms with Gasteiger partial charge in [0.15, 0.2) is 0 Å². The van der Waals surface area contributed by atoms with Crippen molar-refractivity contribution in [3.8, 4) is 0 Å². The number of rotatable bonds is 9. The van der Waals surface area contributed by atoms with Gasteiger partial charge in [0, 0.05) is 18.1 Å². The minimum Gasteiger partial charge on any atom is -0.355 e. The average molecular weight is 452 g/mol. The summed E-state index contributed by atoms with van der Waals surface area (Å²) < 4.78 is 25.7. The number of hydrogen-bond acceptors (Lipinski definition) is 4. The lowest BCUT2D eigenvalue weighted by atomic mass is 10.1. The molecule has 0 aliphatic rings. The van der Waals surface area contributed by atoms with Crippen LogP contribution in [0.5, 0.6) is 0 Å². The molecule has 0 aliphatic heterocycles. The number of hydrogen-bond donors (Lipinski definition) is 1. The number of sulfonamides is 1. The van der Waals surface area contributed by atoms with Crippen molar-refractivity contribution in [2.75, 3.05) is 23.7 Å². The first kappa shape index (κ1) is 23.7. The summed E-state index contributed by atoms with van der Waals surface area (Å²) >= 11 is 5.93. The summed E-state index contributed by atoms with van der Waals surface area (Å²) in [5, 5.41) is 3.26. The number of carbonyl (C=O) groups is 2. The molecule has 162 valence electrons. The molecule has 2 rings (SSSR count). The Morgan fingerprint density at radius 3 is 2.20 bits per heavy atom. The zero-order valence-corrected chi connectivity index (χ0v) is 18.8. The van der Waals surface area contributed by atoms with Gasteiger partial charge in [0.25, 0.3) is 0 Å². The number of carbonyl (C=O) groups excluding carboxylic acids is 2. The summed E-state index contributed by atoms with van der Waals surface area (Å²) in [5.74, 6) is -0.802. The van der Waals surface area contributed by atoms with Crippen LogP contribution in [0.4, 0.5) is 5.69 Å². The maximum absolute atomic E-state index is 13.2. The monoisotopic (exact) mass is 451 g/mol. The van der Waals surface area contributed by atoms with Crippen molar-refractivity contribution in [2.45, 2.75) is 26.4 Å². The van der Waals surface area contributed by atoms with Gasteiger partial charge in [-0.3, -0.25) is 13.9 Å². The van der Waals surface area contributed by atoms with Crippen LogP contribution in [0.25, 0.3) is 0 Å². The second-order valence-corrected chi connectivity index (χ2v) is 9.17. The fraction of sp³-hybridized carbons (Fsp3) is 0.333. The number of likely N-dealkylation sites (N-methyl/N-ethyl adjacent to an activating group) is 1. The molecule has 0 fully saturated rings. The van der Waals surface area contributed by atoms with Crippen molar-refractivity contribution in [1.82, 2.24) is 10.2 Å². The van der Waals surface area contributed by atoms with Crippen molar-refractivity contribution >= 4 is 39.1 Å². The molecule has 0 spiro atoms. The van der Waals surface area contributed by atoms with Crippen molar-refractivity contribution in [3.05, 3.63) is 65.2 Å². The van der Waals surface area contributed by atoms with Gasteiger partial charge in [0.2, 0.25) is 21.8 Å². The fourth-order valence-corrected chi connectivity index (χ4v) is 3.87. The third-order valence-electron chi connectivity index (χ3n) is 4.51. The molecule has 2 amide bonds. The molecule has 2 aromatic rings. The van der Waals surface area contributed by atoms with Crippen LogP contribution in [0.3, 0.4) is 0 Å². The van der Waals surface area contributed by atoms with E-state index < -0.39 is 28.5 Å². The second-order valence-electron chi connectivity index (χ2n) is 6.82. The first-order valence-electron chi connectivity index (χ1n) is 9.48. The van der Waals surface area contributed by atoms with Gasteiger partial charge in [-0.05, 0) is 43.7 Å². The summed E-state index contributed by atoms with van der Waals surface area (Å²) in [6.07, 6.45) is 1.05. The Morgan fingerprint density at radius 1 is 1.07 bits per heavy atom. The molecule has 0 saturated heterocycles. The summed E-state index contributed by atoms with van der Waals surface area (Å²) in [6.45, 7) is 3.55. The molecule has 0 heterocycles. The van der Waals surface area contributed by atoms with Crippen molar-refractivity contribution < 1.29 is 18.0 Å². The molecule has 1 N–H and O–H groups in total. The zero-order chi connectivity index (χ0) is 22.3. The van der Waals surface area contributed by atoms with Gasteiger partial charge in [-0.2, -0.15) is 0 Å². The third-order valence-corrected chi connectivity index (χ3v) is 5.90. The van der Waals surface area contributed by atoms with Crippen LogP contribution in [0, 0.1) is 0 Å². The van der Waals surface area contributed by atoms with Crippen molar-refractivity contribution in [1.29, 1.82) is 0 Å². The minimum absolute atomic E-state index is 0.140. The lowest BCUT2D eigenvalue weighted by Gasteiger charge is -2.31. The van der Waals surface area contributed by atoms with Crippen LogP contribution in [0.2, 0.25) is 5.02 Å². The van der Waals surface area contributed by atoms with Crippen LogP contribution < -0.4 is 9.62 Å². The Bertz CT molecular complexity index is 966. The van der Waals surface area contributed by atoms with Crippen molar-refractivity contribution in [3.63, 3.8) is 0 Å². The minimum atomic E-state index is -3.71. The van der Waals surface area contributed by atoms with E-state index in [1.54, 1.807) is 68.4 Å². The number of para-hydroxylation sites is 1. The maximum atomic E-state index is 13.2. The molecule has 1 atom stereocenters. The average Bonchev–Trinajstić information content (AvgIpc) is 2.71. The highest BCUT2D eigenvalue weighted by molar-refractivity contribution is 7.92. The molecule has 0 bridgehead atoms. The number of halogens is 1. The lowest BCUT2D eigenvalue weighted by Crippen LogP contribution is -2.51.